The average Bonchev–Trinajstić information content (AvgIpc) is 2.13. The average molecular weight is 238 g/mol. The van der Waals surface area contributed by atoms with E-state index in [4.69, 9.17) is 11.1 Å². The van der Waals surface area contributed by atoms with Gasteiger partial charge in [0.1, 0.15) is 5.03 Å². The van der Waals surface area contributed by atoms with Crippen LogP contribution in [0.3, 0.4) is 0 Å². The van der Waals surface area contributed by atoms with Gasteiger partial charge in [0.15, 0.2) is 0 Å². The number of hydrogen-bond donors (Lipinski definition) is 2. The Kier molecular flexibility index (Phi) is 4.64. The summed E-state index contributed by atoms with van der Waals surface area (Å²) in [6.45, 7) is 0. The summed E-state index contributed by atoms with van der Waals surface area (Å²) < 4.78 is 0. The van der Waals surface area contributed by atoms with Gasteiger partial charge in [-0.3, -0.25) is 0 Å². The third-order valence-electron chi connectivity index (χ3n) is 0.717. The van der Waals surface area contributed by atoms with Gasteiger partial charge < -0.3 is 16.5 Å². The van der Waals surface area contributed by atoms with Crippen molar-refractivity contribution >= 4 is 35.1 Å². The second-order valence-electron chi connectivity index (χ2n) is 1.48. The Labute approximate surface area is 86.3 Å². The van der Waals surface area contributed by atoms with Gasteiger partial charge in [0.25, 0.3) is 0 Å². The molecule has 0 aliphatic rings. The summed E-state index contributed by atoms with van der Waals surface area (Å²) >= 11 is 5.21. The molecule has 2 N–H and O–H groups in total. The van der Waals surface area contributed by atoms with Gasteiger partial charge in [-0.1, -0.05) is 0 Å². The van der Waals surface area contributed by atoms with E-state index in [-0.39, 0.29) is 19.5 Å². The molecule has 1 aromatic rings. The van der Waals surface area contributed by atoms with Crippen molar-refractivity contribution in [2.75, 3.05) is 5.32 Å². The van der Waals surface area contributed by atoms with Crippen molar-refractivity contribution in [2.45, 2.75) is 5.03 Å². The van der Waals surface area contributed by atoms with Crippen molar-refractivity contribution in [3.8, 4) is 0 Å². The zero-order chi connectivity index (χ0) is 7.56. The van der Waals surface area contributed by atoms with Crippen LogP contribution in [0.2, 0.25) is 0 Å². The standard InChI is InChI=1S/C4H4N4S2.Zn/c5-3(6)8-4-7-2(9)1-10-4;/h1H,(H3-2,5,6,7,8,9);/q-2;+2. The molecule has 0 saturated carbocycles. The molecule has 7 heteroatoms. The van der Waals surface area contributed by atoms with Crippen LogP contribution in [0.4, 0.5) is 5.13 Å². The number of nitrogens with one attached hydrogen (secondary N) is 2. The Balaban J connectivity index is 0.000001000. The van der Waals surface area contributed by atoms with E-state index < -0.39 is 5.96 Å². The molecule has 4 nitrogen and oxygen atoms in total. The predicted octanol–water partition coefficient (Wildman–Crippen LogP) is 1.82. The van der Waals surface area contributed by atoms with Crippen LogP contribution in [-0.4, -0.2) is 10.9 Å². The number of rotatable bonds is 1. The summed E-state index contributed by atoms with van der Waals surface area (Å²) in [4.78, 5) is 3.82. The molecule has 0 aliphatic heterocycles. The van der Waals surface area contributed by atoms with Crippen molar-refractivity contribution in [1.29, 1.82) is 0 Å². The van der Waals surface area contributed by atoms with Gasteiger partial charge >= 0.3 is 19.5 Å². The Morgan fingerprint density at radius 1 is 1.82 bits per heavy atom. The van der Waals surface area contributed by atoms with E-state index in [0.29, 0.717) is 10.2 Å². The molecule has 54 valence electrons. The number of aromatic nitrogens is 1. The van der Waals surface area contributed by atoms with E-state index in [1.165, 1.54) is 11.3 Å². The van der Waals surface area contributed by atoms with Crippen LogP contribution >= 0.6 is 24.0 Å². The summed E-state index contributed by atoms with van der Waals surface area (Å²) in [6, 6.07) is 0. The molecule has 0 aromatic carbocycles. The predicted molar refractivity (Wildman–Crippen MR) is 45.7 cm³/mol. The monoisotopic (exact) mass is 236 g/mol. The van der Waals surface area contributed by atoms with Crippen LogP contribution in [-0.2, 0) is 19.5 Å². The smallest absolute Gasteiger partial charge is 0.594 e. The van der Waals surface area contributed by atoms with Crippen molar-refractivity contribution in [1.82, 2.24) is 4.98 Å². The number of guanidine groups is 1. The fourth-order valence-electron chi connectivity index (χ4n) is 0.424. The van der Waals surface area contributed by atoms with E-state index in [9.17, 15) is 0 Å². The molecule has 0 bridgehead atoms. The van der Waals surface area contributed by atoms with E-state index in [2.05, 4.69) is 22.9 Å². The number of anilines is 1. The molecule has 0 spiro atoms. The van der Waals surface area contributed by atoms with Crippen molar-refractivity contribution in [3.05, 3.63) is 16.5 Å². The molecule has 0 amide bonds. The molecule has 1 aromatic heterocycles. The van der Waals surface area contributed by atoms with Crippen molar-refractivity contribution < 1.29 is 19.5 Å². The maximum Gasteiger partial charge on any atom is 2.00 e. The minimum absolute atomic E-state index is 0. The molecule has 11 heavy (non-hydrogen) atoms. The Bertz CT molecular complexity index is 248. The van der Waals surface area contributed by atoms with Crippen molar-refractivity contribution in [3.63, 3.8) is 0 Å². The fourth-order valence-corrected chi connectivity index (χ4v) is 1.33. The van der Waals surface area contributed by atoms with Crippen LogP contribution in [0.25, 0.3) is 11.1 Å². The molecular weight excluding hydrogens is 234 g/mol. The van der Waals surface area contributed by atoms with Gasteiger partial charge in [0.05, 0.1) is 5.13 Å². The Morgan fingerprint density at radius 3 is 2.82 bits per heavy atom. The number of thiazole rings is 1. The second kappa shape index (κ2) is 4.69. The van der Waals surface area contributed by atoms with Gasteiger partial charge in [-0.15, -0.1) is 24.0 Å². The summed E-state index contributed by atoms with van der Waals surface area (Å²) in [6.07, 6.45) is 0. The Morgan fingerprint density at radius 2 is 2.45 bits per heavy atom. The maximum atomic E-state index is 8.43. The van der Waals surface area contributed by atoms with Gasteiger partial charge in [-0.25, -0.2) is 4.98 Å². The maximum absolute atomic E-state index is 8.43. The second-order valence-corrected chi connectivity index (χ2v) is 2.80. The van der Waals surface area contributed by atoms with E-state index in [1.54, 1.807) is 5.38 Å². The van der Waals surface area contributed by atoms with Crippen LogP contribution in [0.15, 0.2) is 10.4 Å². The topological polar surface area (TPSA) is 71.0 Å². The number of hydrogen-bond acceptors (Lipinski definition) is 3. The van der Waals surface area contributed by atoms with Gasteiger partial charge in [0, 0.05) is 5.38 Å². The molecule has 0 unspecified atom stereocenters. The zero-order valence-electron chi connectivity index (χ0n) is 5.53. The molecular formula is C4H4N4S2Zn. The summed E-state index contributed by atoms with van der Waals surface area (Å²) in [5.74, 6) is -0.609. The molecule has 0 radical (unpaired) electrons. The summed E-state index contributed by atoms with van der Waals surface area (Å²) in [5.41, 5.74) is 6.63. The van der Waals surface area contributed by atoms with E-state index >= 15 is 0 Å². The molecule has 1 rings (SSSR count). The van der Waals surface area contributed by atoms with Gasteiger partial charge in [-0.05, 0) is 0 Å². The van der Waals surface area contributed by atoms with Crippen LogP contribution in [0, 0.1) is 0 Å². The molecule has 0 saturated heterocycles. The minimum atomic E-state index is -0.609. The van der Waals surface area contributed by atoms with E-state index in [0.717, 1.165) is 0 Å². The first kappa shape index (κ1) is 10.9. The largest absolute Gasteiger partial charge is 2.00 e. The quantitative estimate of drug-likeness (QED) is 0.338. The van der Waals surface area contributed by atoms with E-state index in [1.807, 2.05) is 0 Å². The minimum Gasteiger partial charge on any atom is -0.594 e. The van der Waals surface area contributed by atoms with Crippen molar-refractivity contribution in [2.24, 2.45) is 0 Å². The van der Waals surface area contributed by atoms with Crippen LogP contribution in [0.5, 0.6) is 0 Å². The third-order valence-corrected chi connectivity index (χ3v) is 1.88. The molecule has 0 atom stereocenters. The third kappa shape index (κ3) is 3.69. The number of thiol groups is 1. The van der Waals surface area contributed by atoms with Gasteiger partial charge in [-0.2, -0.15) is 5.96 Å². The first-order valence-electron chi connectivity index (χ1n) is 2.37. The van der Waals surface area contributed by atoms with Gasteiger partial charge in [0.2, 0.25) is 0 Å². The Hall–Kier alpha value is -0.127. The normalized spacial score (nSPS) is 8.45. The number of nitrogens with zero attached hydrogens (tertiary/aromatic N) is 2. The summed E-state index contributed by atoms with van der Waals surface area (Å²) in [5, 5.41) is 13.5. The zero-order valence-corrected chi connectivity index (χ0v) is 10.2. The van der Waals surface area contributed by atoms with Crippen LogP contribution < -0.4 is 5.32 Å². The summed E-state index contributed by atoms with van der Waals surface area (Å²) in [7, 11) is 0. The van der Waals surface area contributed by atoms with Crippen LogP contribution in [0.1, 0.15) is 0 Å². The molecule has 0 fully saturated rings. The molecule has 0 aliphatic carbocycles. The fraction of sp³-hybridized carbons (Fsp3) is 0. The molecule has 1 heterocycles. The first-order chi connectivity index (χ1) is 4.68. The first-order valence-corrected chi connectivity index (χ1v) is 3.70. The SMILES string of the molecule is [N-]=C([NH-])Nc1nc(S)cs1.[Zn+2].